The van der Waals surface area contributed by atoms with E-state index in [1.54, 1.807) is 6.07 Å². The molecule has 3 rings (SSSR count). The van der Waals surface area contributed by atoms with Gasteiger partial charge in [-0.15, -0.1) is 0 Å². The lowest BCUT2D eigenvalue weighted by Gasteiger charge is -2.40. The highest BCUT2D eigenvalue weighted by Crippen LogP contribution is 2.20. The average Bonchev–Trinajstić information content (AvgIpc) is 2.55. The van der Waals surface area contributed by atoms with Crippen LogP contribution < -0.4 is 15.5 Å². The number of amides is 1. The summed E-state index contributed by atoms with van der Waals surface area (Å²) in [5.41, 5.74) is 0.687. The summed E-state index contributed by atoms with van der Waals surface area (Å²) in [6.07, 6.45) is 0.576. The summed E-state index contributed by atoms with van der Waals surface area (Å²) in [5.74, 6) is 0.341. The first kappa shape index (κ1) is 17.2. The first-order valence-electron chi connectivity index (χ1n) is 8.80. The van der Waals surface area contributed by atoms with Gasteiger partial charge in [0.1, 0.15) is 5.82 Å². The van der Waals surface area contributed by atoms with Gasteiger partial charge in [0.15, 0.2) is 0 Å². The van der Waals surface area contributed by atoms with Gasteiger partial charge < -0.3 is 10.2 Å². The maximum absolute atomic E-state index is 13.9. The molecular formula is C18H27FN4O. The number of benzene rings is 1. The molecule has 0 saturated carbocycles. The molecule has 1 aromatic rings. The number of carbonyl (C=O) groups is 1. The molecule has 6 heteroatoms. The number of para-hydroxylation sites is 1. The van der Waals surface area contributed by atoms with E-state index in [1.165, 1.54) is 6.07 Å². The number of carbonyl (C=O) groups excluding carboxylic acids is 1. The molecule has 0 aliphatic carbocycles. The molecule has 2 atom stereocenters. The molecule has 2 unspecified atom stereocenters. The molecule has 0 spiro atoms. The van der Waals surface area contributed by atoms with Gasteiger partial charge in [0.2, 0.25) is 5.91 Å². The zero-order chi connectivity index (χ0) is 17.1. The molecule has 1 aromatic carbocycles. The van der Waals surface area contributed by atoms with Gasteiger partial charge in [-0.25, -0.2) is 4.39 Å². The minimum atomic E-state index is -0.156. The number of anilines is 1. The zero-order valence-corrected chi connectivity index (χ0v) is 14.5. The van der Waals surface area contributed by atoms with Crippen molar-refractivity contribution in [2.45, 2.75) is 32.5 Å². The summed E-state index contributed by atoms with van der Waals surface area (Å²) >= 11 is 0. The summed E-state index contributed by atoms with van der Waals surface area (Å²) in [4.78, 5) is 16.4. The van der Waals surface area contributed by atoms with Gasteiger partial charge in [-0.3, -0.25) is 15.0 Å². The molecule has 2 aliphatic rings. The Morgan fingerprint density at radius 3 is 2.58 bits per heavy atom. The van der Waals surface area contributed by atoms with Crippen molar-refractivity contribution in [3.63, 3.8) is 0 Å². The Hall–Kier alpha value is -1.66. The predicted molar refractivity (Wildman–Crippen MR) is 93.4 cm³/mol. The van der Waals surface area contributed by atoms with Gasteiger partial charge in [-0.1, -0.05) is 26.0 Å². The molecule has 132 valence electrons. The Labute approximate surface area is 143 Å². The molecule has 0 aromatic heterocycles. The van der Waals surface area contributed by atoms with Crippen molar-refractivity contribution in [3.8, 4) is 0 Å². The van der Waals surface area contributed by atoms with Crippen LogP contribution in [0.25, 0.3) is 0 Å². The third-order valence-electron chi connectivity index (χ3n) is 4.87. The van der Waals surface area contributed by atoms with E-state index in [2.05, 4.69) is 34.3 Å². The number of halogens is 1. The van der Waals surface area contributed by atoms with E-state index in [-0.39, 0.29) is 23.9 Å². The summed E-state index contributed by atoms with van der Waals surface area (Å²) in [6, 6.07) is 7.14. The number of hydrogen-bond donors (Lipinski definition) is 2. The van der Waals surface area contributed by atoms with Crippen LogP contribution in [0.5, 0.6) is 0 Å². The second-order valence-corrected chi connectivity index (χ2v) is 7.10. The van der Waals surface area contributed by atoms with E-state index >= 15 is 0 Å². The Kier molecular flexibility index (Phi) is 5.36. The SMILES string of the molecule is CC(C)C1NC(=O)CC(CN2CCN(c3ccccc3F)CC2)N1. The van der Waals surface area contributed by atoms with Gasteiger partial charge in [0.25, 0.3) is 0 Å². The Morgan fingerprint density at radius 1 is 1.21 bits per heavy atom. The van der Waals surface area contributed by atoms with Gasteiger partial charge in [-0.05, 0) is 18.1 Å². The van der Waals surface area contributed by atoms with Gasteiger partial charge >= 0.3 is 0 Å². The molecule has 1 amide bonds. The maximum Gasteiger partial charge on any atom is 0.222 e. The maximum atomic E-state index is 13.9. The summed E-state index contributed by atoms with van der Waals surface area (Å²) in [7, 11) is 0. The fourth-order valence-electron chi connectivity index (χ4n) is 3.48. The highest BCUT2D eigenvalue weighted by molar-refractivity contribution is 5.77. The molecule has 2 fully saturated rings. The van der Waals surface area contributed by atoms with Crippen LogP contribution >= 0.6 is 0 Å². The van der Waals surface area contributed by atoms with Crippen molar-refractivity contribution < 1.29 is 9.18 Å². The first-order valence-corrected chi connectivity index (χ1v) is 8.80. The summed E-state index contributed by atoms with van der Waals surface area (Å²) in [6.45, 7) is 8.48. The van der Waals surface area contributed by atoms with Crippen molar-refractivity contribution in [2.24, 2.45) is 5.92 Å². The van der Waals surface area contributed by atoms with Crippen LogP contribution in [0, 0.1) is 11.7 Å². The van der Waals surface area contributed by atoms with Crippen LogP contribution in [0.2, 0.25) is 0 Å². The Bertz CT molecular complexity index is 572. The van der Waals surface area contributed by atoms with E-state index in [0.717, 1.165) is 32.7 Å². The standard InChI is InChI=1S/C18H27FN4O/c1-13(2)18-20-14(11-17(24)21-18)12-22-7-9-23(10-8-22)16-6-4-3-5-15(16)19/h3-6,13-14,18,20H,7-12H2,1-2H3,(H,21,24). The Balaban J connectivity index is 1.52. The van der Waals surface area contributed by atoms with Crippen molar-refractivity contribution in [1.82, 2.24) is 15.5 Å². The molecule has 2 aliphatic heterocycles. The fourth-order valence-corrected chi connectivity index (χ4v) is 3.48. The fraction of sp³-hybridized carbons (Fsp3) is 0.611. The topological polar surface area (TPSA) is 47.6 Å². The number of piperazine rings is 1. The largest absolute Gasteiger partial charge is 0.367 e. The lowest BCUT2D eigenvalue weighted by atomic mass is 10.0. The van der Waals surface area contributed by atoms with Crippen LogP contribution in [-0.4, -0.2) is 55.7 Å². The third-order valence-corrected chi connectivity index (χ3v) is 4.87. The molecule has 24 heavy (non-hydrogen) atoms. The van der Waals surface area contributed by atoms with Gasteiger partial charge in [0.05, 0.1) is 11.9 Å². The Morgan fingerprint density at radius 2 is 1.92 bits per heavy atom. The van der Waals surface area contributed by atoms with Crippen LogP contribution in [0.1, 0.15) is 20.3 Å². The quantitative estimate of drug-likeness (QED) is 0.874. The van der Waals surface area contributed by atoms with Crippen molar-refractivity contribution >= 4 is 11.6 Å². The van der Waals surface area contributed by atoms with Crippen LogP contribution in [0.15, 0.2) is 24.3 Å². The smallest absolute Gasteiger partial charge is 0.222 e. The second kappa shape index (κ2) is 7.49. The third kappa shape index (κ3) is 4.05. The van der Waals surface area contributed by atoms with E-state index in [0.29, 0.717) is 18.0 Å². The van der Waals surface area contributed by atoms with Gasteiger partial charge in [0, 0.05) is 45.2 Å². The lowest BCUT2D eigenvalue weighted by molar-refractivity contribution is -0.125. The molecule has 2 N–H and O–H groups in total. The van der Waals surface area contributed by atoms with E-state index < -0.39 is 0 Å². The highest BCUT2D eigenvalue weighted by atomic mass is 19.1. The summed E-state index contributed by atoms with van der Waals surface area (Å²) in [5, 5.41) is 6.53. The first-order chi connectivity index (χ1) is 11.5. The van der Waals surface area contributed by atoms with Crippen molar-refractivity contribution in [1.29, 1.82) is 0 Å². The van der Waals surface area contributed by atoms with Crippen molar-refractivity contribution in [3.05, 3.63) is 30.1 Å². The molecule has 5 nitrogen and oxygen atoms in total. The van der Waals surface area contributed by atoms with Crippen LogP contribution in [-0.2, 0) is 4.79 Å². The minimum absolute atomic E-state index is 0.0518. The second-order valence-electron chi connectivity index (χ2n) is 7.10. The number of nitrogens with zero attached hydrogens (tertiary/aromatic N) is 2. The molecule has 0 bridgehead atoms. The average molecular weight is 334 g/mol. The van der Waals surface area contributed by atoms with Crippen LogP contribution in [0.4, 0.5) is 10.1 Å². The number of rotatable bonds is 4. The predicted octanol–water partition coefficient (Wildman–Crippen LogP) is 1.41. The van der Waals surface area contributed by atoms with E-state index in [4.69, 9.17) is 0 Å². The monoisotopic (exact) mass is 334 g/mol. The number of hydrogen-bond acceptors (Lipinski definition) is 4. The summed E-state index contributed by atoms with van der Waals surface area (Å²) < 4.78 is 13.9. The van der Waals surface area contributed by atoms with Crippen molar-refractivity contribution in [2.75, 3.05) is 37.6 Å². The highest BCUT2D eigenvalue weighted by Gasteiger charge is 2.29. The lowest BCUT2D eigenvalue weighted by Crippen LogP contribution is -2.62. The zero-order valence-electron chi connectivity index (χ0n) is 14.5. The molecule has 0 radical (unpaired) electrons. The molecular weight excluding hydrogens is 307 g/mol. The molecule has 2 saturated heterocycles. The minimum Gasteiger partial charge on any atom is -0.367 e. The molecule has 2 heterocycles. The van der Waals surface area contributed by atoms with E-state index in [1.807, 2.05) is 12.1 Å². The van der Waals surface area contributed by atoms with Gasteiger partial charge in [-0.2, -0.15) is 0 Å². The van der Waals surface area contributed by atoms with Crippen LogP contribution in [0.3, 0.4) is 0 Å². The van der Waals surface area contributed by atoms with E-state index in [9.17, 15) is 9.18 Å². The number of nitrogens with one attached hydrogen (secondary N) is 2. The normalized spacial score (nSPS) is 25.8.